The van der Waals surface area contributed by atoms with Gasteiger partial charge in [-0.3, -0.25) is 0 Å². The molecule has 0 amide bonds. The topological polar surface area (TPSA) is 68.9 Å². The van der Waals surface area contributed by atoms with Crippen molar-refractivity contribution in [2.45, 2.75) is 26.9 Å². The van der Waals surface area contributed by atoms with Crippen LogP contribution in [0.15, 0.2) is 16.9 Å². The molecule has 0 radical (unpaired) electrons. The van der Waals surface area contributed by atoms with Crippen molar-refractivity contribution in [3.63, 3.8) is 0 Å². The van der Waals surface area contributed by atoms with E-state index in [9.17, 15) is 9.90 Å². The average Bonchev–Trinajstić information content (AvgIpc) is 2.54. The summed E-state index contributed by atoms with van der Waals surface area (Å²) in [7, 11) is 0. The standard InChI is InChI=1S/C12H16N2O2/c1-6(2)11(15)8-5-10-9(4-7(8)3)13-12(16)14-10/h4-6,11,15H,1-3H3,(H2,13,14,16). The Morgan fingerprint density at radius 2 is 1.75 bits per heavy atom. The first-order valence-corrected chi connectivity index (χ1v) is 5.39. The smallest absolute Gasteiger partial charge is 0.323 e. The van der Waals surface area contributed by atoms with Crippen LogP contribution in [-0.2, 0) is 0 Å². The van der Waals surface area contributed by atoms with Gasteiger partial charge in [-0.05, 0) is 36.1 Å². The first-order valence-electron chi connectivity index (χ1n) is 5.39. The van der Waals surface area contributed by atoms with Crippen LogP contribution < -0.4 is 5.69 Å². The van der Waals surface area contributed by atoms with E-state index in [1.54, 1.807) is 0 Å². The van der Waals surface area contributed by atoms with Crippen LogP contribution in [-0.4, -0.2) is 15.1 Å². The predicted molar refractivity (Wildman–Crippen MR) is 63.5 cm³/mol. The van der Waals surface area contributed by atoms with Crippen molar-refractivity contribution in [2.75, 3.05) is 0 Å². The number of H-pyrrole nitrogens is 2. The summed E-state index contributed by atoms with van der Waals surface area (Å²) in [6.07, 6.45) is -0.497. The molecular formula is C12H16N2O2. The minimum absolute atomic E-state index is 0.154. The van der Waals surface area contributed by atoms with Crippen LogP contribution in [0.5, 0.6) is 0 Å². The molecule has 0 fully saturated rings. The van der Waals surface area contributed by atoms with Gasteiger partial charge in [-0.2, -0.15) is 0 Å². The van der Waals surface area contributed by atoms with Gasteiger partial charge < -0.3 is 15.1 Å². The van der Waals surface area contributed by atoms with Gasteiger partial charge in [0.05, 0.1) is 17.1 Å². The van der Waals surface area contributed by atoms with E-state index in [4.69, 9.17) is 0 Å². The molecule has 0 saturated carbocycles. The highest BCUT2D eigenvalue weighted by molar-refractivity contribution is 5.76. The fraction of sp³-hybridized carbons (Fsp3) is 0.417. The molecule has 0 bridgehead atoms. The number of aryl methyl sites for hydroxylation is 1. The molecule has 3 N–H and O–H groups in total. The van der Waals surface area contributed by atoms with E-state index in [1.807, 2.05) is 32.9 Å². The van der Waals surface area contributed by atoms with E-state index < -0.39 is 6.10 Å². The number of aromatic amines is 2. The van der Waals surface area contributed by atoms with Gasteiger partial charge >= 0.3 is 5.69 Å². The van der Waals surface area contributed by atoms with Gasteiger partial charge in [0.25, 0.3) is 0 Å². The lowest BCUT2D eigenvalue weighted by Gasteiger charge is -2.17. The third-order valence-electron chi connectivity index (χ3n) is 2.85. The Morgan fingerprint density at radius 3 is 2.31 bits per heavy atom. The molecule has 1 aromatic carbocycles. The Morgan fingerprint density at radius 1 is 1.19 bits per heavy atom. The molecular weight excluding hydrogens is 204 g/mol. The number of aliphatic hydroxyl groups is 1. The predicted octanol–water partition coefficient (Wildman–Crippen LogP) is 1.85. The van der Waals surface area contributed by atoms with E-state index in [2.05, 4.69) is 9.97 Å². The van der Waals surface area contributed by atoms with Gasteiger partial charge in [-0.25, -0.2) is 4.79 Å². The largest absolute Gasteiger partial charge is 0.388 e. The SMILES string of the molecule is Cc1cc2[nH]c(=O)[nH]c2cc1C(O)C(C)C. The molecule has 1 unspecified atom stereocenters. The van der Waals surface area contributed by atoms with E-state index in [0.717, 1.165) is 22.2 Å². The van der Waals surface area contributed by atoms with Gasteiger partial charge in [-0.15, -0.1) is 0 Å². The van der Waals surface area contributed by atoms with Crippen molar-refractivity contribution < 1.29 is 5.11 Å². The molecule has 86 valence electrons. The second kappa shape index (κ2) is 3.79. The molecule has 2 rings (SSSR count). The first-order chi connectivity index (χ1) is 7.49. The van der Waals surface area contributed by atoms with Crippen molar-refractivity contribution in [3.8, 4) is 0 Å². The summed E-state index contributed by atoms with van der Waals surface area (Å²) in [6, 6.07) is 3.72. The van der Waals surface area contributed by atoms with Crippen LogP contribution in [0.1, 0.15) is 31.1 Å². The summed E-state index contributed by atoms with van der Waals surface area (Å²) in [5, 5.41) is 10.0. The number of benzene rings is 1. The fourth-order valence-electron chi connectivity index (χ4n) is 1.89. The monoisotopic (exact) mass is 220 g/mol. The summed E-state index contributed by atoms with van der Waals surface area (Å²) >= 11 is 0. The summed E-state index contributed by atoms with van der Waals surface area (Å²) in [5.41, 5.74) is 3.17. The van der Waals surface area contributed by atoms with Crippen molar-refractivity contribution in [2.24, 2.45) is 5.92 Å². The number of fused-ring (bicyclic) bond motifs is 1. The number of rotatable bonds is 2. The van der Waals surface area contributed by atoms with Crippen LogP contribution >= 0.6 is 0 Å². The lowest BCUT2D eigenvalue weighted by molar-refractivity contribution is 0.126. The molecule has 1 atom stereocenters. The highest BCUT2D eigenvalue weighted by atomic mass is 16.3. The van der Waals surface area contributed by atoms with Crippen molar-refractivity contribution >= 4 is 11.0 Å². The van der Waals surface area contributed by atoms with Crippen LogP contribution in [0, 0.1) is 12.8 Å². The van der Waals surface area contributed by atoms with Gasteiger partial charge in [0.15, 0.2) is 0 Å². The normalized spacial score (nSPS) is 13.6. The molecule has 4 heteroatoms. The number of hydrogen-bond acceptors (Lipinski definition) is 2. The highest BCUT2D eigenvalue weighted by Crippen LogP contribution is 2.26. The second-order valence-corrected chi connectivity index (χ2v) is 4.52. The lowest BCUT2D eigenvalue weighted by Crippen LogP contribution is -2.07. The summed E-state index contributed by atoms with van der Waals surface area (Å²) in [5.74, 6) is 0.154. The van der Waals surface area contributed by atoms with Gasteiger partial charge in [-0.1, -0.05) is 13.8 Å². The summed E-state index contributed by atoms with van der Waals surface area (Å²) in [6.45, 7) is 5.87. The van der Waals surface area contributed by atoms with Crippen molar-refractivity contribution in [1.82, 2.24) is 9.97 Å². The minimum Gasteiger partial charge on any atom is -0.388 e. The molecule has 1 aromatic heterocycles. The van der Waals surface area contributed by atoms with E-state index >= 15 is 0 Å². The quantitative estimate of drug-likeness (QED) is 0.723. The maximum atomic E-state index is 11.1. The molecule has 0 saturated heterocycles. The van der Waals surface area contributed by atoms with Gasteiger partial charge in [0, 0.05) is 0 Å². The molecule has 0 aliphatic carbocycles. The number of hydrogen-bond donors (Lipinski definition) is 3. The van der Waals surface area contributed by atoms with Gasteiger partial charge in [0.2, 0.25) is 0 Å². The fourth-order valence-corrected chi connectivity index (χ4v) is 1.89. The second-order valence-electron chi connectivity index (χ2n) is 4.52. The van der Waals surface area contributed by atoms with Crippen LogP contribution in [0.4, 0.5) is 0 Å². The number of imidazole rings is 1. The molecule has 16 heavy (non-hydrogen) atoms. The van der Waals surface area contributed by atoms with E-state index in [0.29, 0.717) is 0 Å². The van der Waals surface area contributed by atoms with Gasteiger partial charge in [0.1, 0.15) is 0 Å². The number of nitrogens with one attached hydrogen (secondary N) is 2. The van der Waals surface area contributed by atoms with Crippen LogP contribution in [0.2, 0.25) is 0 Å². The number of aliphatic hydroxyl groups excluding tert-OH is 1. The molecule has 0 aliphatic rings. The van der Waals surface area contributed by atoms with E-state index in [-0.39, 0.29) is 11.6 Å². The molecule has 1 heterocycles. The van der Waals surface area contributed by atoms with E-state index in [1.165, 1.54) is 0 Å². The number of aromatic nitrogens is 2. The van der Waals surface area contributed by atoms with Crippen LogP contribution in [0.25, 0.3) is 11.0 Å². The lowest BCUT2D eigenvalue weighted by atomic mass is 9.95. The van der Waals surface area contributed by atoms with Crippen LogP contribution in [0.3, 0.4) is 0 Å². The third kappa shape index (κ3) is 1.76. The zero-order chi connectivity index (χ0) is 11.9. The molecule has 4 nitrogen and oxygen atoms in total. The first kappa shape index (κ1) is 11.0. The Kier molecular flexibility index (Phi) is 2.59. The third-order valence-corrected chi connectivity index (χ3v) is 2.85. The average molecular weight is 220 g/mol. The molecule has 0 spiro atoms. The Balaban J connectivity index is 2.61. The van der Waals surface area contributed by atoms with Crippen molar-refractivity contribution in [3.05, 3.63) is 33.7 Å². The maximum absolute atomic E-state index is 11.1. The highest BCUT2D eigenvalue weighted by Gasteiger charge is 2.15. The Bertz CT molecular complexity index is 566. The zero-order valence-electron chi connectivity index (χ0n) is 9.66. The zero-order valence-corrected chi connectivity index (χ0v) is 9.66. The Labute approximate surface area is 93.3 Å². The molecule has 0 aliphatic heterocycles. The summed E-state index contributed by atoms with van der Waals surface area (Å²) < 4.78 is 0. The molecule has 2 aromatic rings. The minimum atomic E-state index is -0.497. The van der Waals surface area contributed by atoms with Crippen molar-refractivity contribution in [1.29, 1.82) is 0 Å². The Hall–Kier alpha value is -1.55. The maximum Gasteiger partial charge on any atom is 0.323 e. The summed E-state index contributed by atoms with van der Waals surface area (Å²) in [4.78, 5) is 16.5.